The maximum atomic E-state index is 11.9. The van der Waals surface area contributed by atoms with Crippen molar-refractivity contribution >= 4 is 27.1 Å². The number of halogens is 1. The van der Waals surface area contributed by atoms with Crippen molar-refractivity contribution in [2.24, 2.45) is 5.92 Å². The molecule has 0 aromatic heterocycles. The SMILES string of the molecule is Nc1ccc(Cl)c(S(=O)(=O)COCC2CC2)c1. The lowest BCUT2D eigenvalue weighted by Gasteiger charge is -2.08. The van der Waals surface area contributed by atoms with E-state index in [9.17, 15) is 8.42 Å². The highest BCUT2D eigenvalue weighted by Gasteiger charge is 2.24. The van der Waals surface area contributed by atoms with Gasteiger partial charge in [-0.25, -0.2) is 8.42 Å². The molecule has 1 fully saturated rings. The normalized spacial score (nSPS) is 16.1. The minimum Gasteiger partial charge on any atom is -0.399 e. The van der Waals surface area contributed by atoms with Gasteiger partial charge in [0.2, 0.25) is 9.84 Å². The van der Waals surface area contributed by atoms with Gasteiger partial charge in [0.15, 0.2) is 5.94 Å². The molecule has 94 valence electrons. The molecule has 2 rings (SSSR count). The summed E-state index contributed by atoms with van der Waals surface area (Å²) in [5.74, 6) is 0.189. The average molecular weight is 276 g/mol. The zero-order valence-corrected chi connectivity index (χ0v) is 10.8. The lowest BCUT2D eigenvalue weighted by atomic mass is 10.3. The van der Waals surface area contributed by atoms with Crippen LogP contribution >= 0.6 is 11.6 Å². The Labute approximate surface area is 106 Å². The number of nitrogen functional groups attached to an aromatic ring is 1. The van der Waals surface area contributed by atoms with Gasteiger partial charge in [-0.05, 0) is 37.0 Å². The van der Waals surface area contributed by atoms with E-state index in [1.807, 2.05) is 0 Å². The third-order valence-electron chi connectivity index (χ3n) is 2.58. The Balaban J connectivity index is 2.09. The molecule has 0 saturated heterocycles. The number of rotatable bonds is 5. The second-order valence-corrected chi connectivity index (χ2v) is 6.55. The van der Waals surface area contributed by atoms with Gasteiger partial charge in [0.05, 0.1) is 16.5 Å². The minimum absolute atomic E-state index is 0.0370. The molecule has 1 aliphatic rings. The maximum absolute atomic E-state index is 11.9. The average Bonchev–Trinajstić information content (AvgIpc) is 3.05. The van der Waals surface area contributed by atoms with E-state index in [1.165, 1.54) is 12.1 Å². The monoisotopic (exact) mass is 275 g/mol. The van der Waals surface area contributed by atoms with Gasteiger partial charge in [0, 0.05) is 5.69 Å². The number of benzene rings is 1. The van der Waals surface area contributed by atoms with Gasteiger partial charge in [-0.15, -0.1) is 0 Å². The number of hydrogen-bond acceptors (Lipinski definition) is 4. The second-order valence-electron chi connectivity index (χ2n) is 4.24. The minimum atomic E-state index is -3.52. The summed E-state index contributed by atoms with van der Waals surface area (Å²) in [6, 6.07) is 4.40. The van der Waals surface area contributed by atoms with Crippen molar-refractivity contribution in [1.29, 1.82) is 0 Å². The van der Waals surface area contributed by atoms with E-state index in [4.69, 9.17) is 22.1 Å². The van der Waals surface area contributed by atoms with Crippen LogP contribution in [-0.2, 0) is 14.6 Å². The van der Waals surface area contributed by atoms with E-state index in [0.717, 1.165) is 12.8 Å². The molecule has 1 saturated carbocycles. The molecular weight excluding hydrogens is 262 g/mol. The summed E-state index contributed by atoms with van der Waals surface area (Å²) in [7, 11) is -3.52. The van der Waals surface area contributed by atoms with E-state index in [2.05, 4.69) is 0 Å². The van der Waals surface area contributed by atoms with E-state index in [1.54, 1.807) is 6.07 Å². The van der Waals surface area contributed by atoms with Crippen LogP contribution in [0.4, 0.5) is 5.69 Å². The number of anilines is 1. The number of sulfone groups is 1. The summed E-state index contributed by atoms with van der Waals surface area (Å²) in [5.41, 5.74) is 5.92. The number of ether oxygens (including phenoxy) is 1. The largest absolute Gasteiger partial charge is 0.399 e. The van der Waals surface area contributed by atoms with Crippen LogP contribution in [0.2, 0.25) is 5.02 Å². The zero-order chi connectivity index (χ0) is 12.5. The molecule has 0 atom stereocenters. The molecule has 0 spiro atoms. The molecule has 0 unspecified atom stereocenters. The summed E-state index contributed by atoms with van der Waals surface area (Å²) in [5, 5.41) is 0.175. The standard InChI is InChI=1S/C11H14ClNO3S/c12-10-4-3-9(13)5-11(10)17(14,15)7-16-6-8-1-2-8/h3-5,8H,1-2,6-7,13H2. The third-order valence-corrected chi connectivity index (χ3v) is 4.51. The van der Waals surface area contributed by atoms with Crippen LogP contribution in [0.15, 0.2) is 23.1 Å². The molecule has 4 nitrogen and oxygen atoms in total. The van der Waals surface area contributed by atoms with Crippen molar-refractivity contribution in [3.8, 4) is 0 Å². The first-order valence-corrected chi connectivity index (χ1v) is 7.37. The third kappa shape index (κ3) is 3.34. The lowest BCUT2D eigenvalue weighted by Crippen LogP contribution is -2.12. The predicted octanol–water partition coefficient (Wildman–Crippen LogP) is 2.08. The number of hydrogen-bond donors (Lipinski definition) is 1. The number of nitrogens with two attached hydrogens (primary N) is 1. The highest BCUT2D eigenvalue weighted by atomic mass is 35.5. The summed E-state index contributed by atoms with van der Waals surface area (Å²) < 4.78 is 29.1. The fourth-order valence-electron chi connectivity index (χ4n) is 1.43. The Morgan fingerprint density at radius 2 is 2.12 bits per heavy atom. The van der Waals surface area contributed by atoms with Crippen LogP contribution in [0.3, 0.4) is 0 Å². The summed E-state index contributed by atoms with van der Waals surface area (Å²) in [4.78, 5) is 0.0370. The Morgan fingerprint density at radius 1 is 1.41 bits per heavy atom. The Morgan fingerprint density at radius 3 is 2.76 bits per heavy atom. The van der Waals surface area contributed by atoms with Gasteiger partial charge in [0.1, 0.15) is 0 Å². The molecule has 0 heterocycles. The highest BCUT2D eigenvalue weighted by Crippen LogP contribution is 2.29. The zero-order valence-electron chi connectivity index (χ0n) is 9.23. The van der Waals surface area contributed by atoms with E-state index >= 15 is 0 Å². The fourth-order valence-corrected chi connectivity index (χ4v) is 3.02. The molecule has 0 bridgehead atoms. The lowest BCUT2D eigenvalue weighted by molar-refractivity contribution is 0.165. The van der Waals surface area contributed by atoms with E-state index in [-0.39, 0.29) is 15.9 Å². The first-order valence-electron chi connectivity index (χ1n) is 5.34. The molecule has 0 radical (unpaired) electrons. The van der Waals surface area contributed by atoms with Gasteiger partial charge in [0.25, 0.3) is 0 Å². The van der Waals surface area contributed by atoms with Gasteiger partial charge >= 0.3 is 0 Å². The molecular formula is C11H14ClNO3S. The molecule has 6 heteroatoms. The highest BCUT2D eigenvalue weighted by molar-refractivity contribution is 7.91. The molecule has 2 N–H and O–H groups in total. The van der Waals surface area contributed by atoms with Crippen molar-refractivity contribution in [2.45, 2.75) is 17.7 Å². The topological polar surface area (TPSA) is 69.4 Å². The molecule has 0 amide bonds. The van der Waals surface area contributed by atoms with Crippen LogP contribution in [0.25, 0.3) is 0 Å². The fraction of sp³-hybridized carbons (Fsp3) is 0.455. The first kappa shape index (κ1) is 12.7. The van der Waals surface area contributed by atoms with Crippen molar-refractivity contribution in [3.63, 3.8) is 0 Å². The van der Waals surface area contributed by atoms with Crippen molar-refractivity contribution in [1.82, 2.24) is 0 Å². The summed E-state index contributed by atoms with van der Waals surface area (Å²) in [6.07, 6.45) is 2.25. The Bertz CT molecular complexity index is 511. The van der Waals surface area contributed by atoms with Gasteiger partial charge in [-0.2, -0.15) is 0 Å². The van der Waals surface area contributed by atoms with Gasteiger partial charge in [-0.1, -0.05) is 11.6 Å². The molecule has 17 heavy (non-hydrogen) atoms. The molecule has 0 aliphatic heterocycles. The van der Waals surface area contributed by atoms with Crippen LogP contribution < -0.4 is 5.73 Å². The van der Waals surface area contributed by atoms with E-state index < -0.39 is 9.84 Å². The predicted molar refractivity (Wildman–Crippen MR) is 66.6 cm³/mol. The van der Waals surface area contributed by atoms with Gasteiger partial charge < -0.3 is 10.5 Å². The van der Waals surface area contributed by atoms with E-state index in [0.29, 0.717) is 18.2 Å². The van der Waals surface area contributed by atoms with Crippen LogP contribution in [0, 0.1) is 5.92 Å². The van der Waals surface area contributed by atoms with Crippen LogP contribution in [0.1, 0.15) is 12.8 Å². The summed E-state index contributed by atoms with van der Waals surface area (Å²) >= 11 is 5.84. The van der Waals surface area contributed by atoms with Crippen LogP contribution in [-0.4, -0.2) is 21.0 Å². The van der Waals surface area contributed by atoms with Crippen molar-refractivity contribution < 1.29 is 13.2 Å². The Kier molecular flexibility index (Phi) is 3.61. The van der Waals surface area contributed by atoms with Gasteiger partial charge in [-0.3, -0.25) is 0 Å². The second kappa shape index (κ2) is 4.84. The van der Waals surface area contributed by atoms with Crippen LogP contribution in [0.5, 0.6) is 0 Å². The Hall–Kier alpha value is -0.780. The smallest absolute Gasteiger partial charge is 0.203 e. The first-order chi connectivity index (χ1) is 7.99. The molecule has 1 aliphatic carbocycles. The van der Waals surface area contributed by atoms with Crippen molar-refractivity contribution in [3.05, 3.63) is 23.2 Å². The quantitative estimate of drug-likeness (QED) is 0.836. The van der Waals surface area contributed by atoms with Crippen molar-refractivity contribution in [2.75, 3.05) is 18.3 Å². The molecule has 1 aromatic rings. The maximum Gasteiger partial charge on any atom is 0.203 e. The summed E-state index contributed by atoms with van der Waals surface area (Å²) in [6.45, 7) is 0.499. The molecule has 1 aromatic carbocycles.